The first-order valence-corrected chi connectivity index (χ1v) is 9.25. The van der Waals surface area contributed by atoms with Gasteiger partial charge in [0, 0.05) is 14.9 Å². The van der Waals surface area contributed by atoms with Crippen molar-refractivity contribution in [3.8, 4) is 0 Å². The van der Waals surface area contributed by atoms with Crippen LogP contribution in [0.2, 0.25) is 0 Å². The molecule has 112 valence electrons. The number of hydrogen-bond donors (Lipinski definition) is 1. The van der Waals surface area contributed by atoms with Crippen LogP contribution in [0, 0.1) is 6.92 Å². The smallest absolute Gasteiger partial charge is 0.329 e. The van der Waals surface area contributed by atoms with E-state index < -0.39 is 10.0 Å². The van der Waals surface area contributed by atoms with Gasteiger partial charge in [0.25, 0.3) is 10.0 Å². The van der Waals surface area contributed by atoms with Crippen LogP contribution in [0.25, 0.3) is 0 Å². The van der Waals surface area contributed by atoms with E-state index in [0.717, 1.165) is 18.4 Å². The first-order chi connectivity index (χ1) is 9.87. The number of nitrogens with zero attached hydrogens (tertiary/aromatic N) is 2. The SMILES string of the molecule is Cc1cc(Br)c(S(=O)(=O)Nc2nnc(C3CC3)o2)cc1Br. The quantitative estimate of drug-likeness (QED) is 0.791. The normalized spacial score (nSPS) is 15.2. The van der Waals surface area contributed by atoms with Crippen molar-refractivity contribution < 1.29 is 12.8 Å². The Balaban J connectivity index is 1.90. The second-order valence-electron chi connectivity index (χ2n) is 4.86. The number of sulfonamides is 1. The van der Waals surface area contributed by atoms with Crippen LogP contribution >= 0.6 is 31.9 Å². The molecule has 0 unspecified atom stereocenters. The van der Waals surface area contributed by atoms with Gasteiger partial charge >= 0.3 is 6.01 Å². The molecular weight excluding hydrogens is 426 g/mol. The van der Waals surface area contributed by atoms with Crippen molar-refractivity contribution >= 4 is 47.9 Å². The number of rotatable bonds is 4. The zero-order chi connectivity index (χ0) is 15.2. The molecule has 9 heteroatoms. The van der Waals surface area contributed by atoms with Crippen molar-refractivity contribution in [2.75, 3.05) is 4.72 Å². The highest BCUT2D eigenvalue weighted by Gasteiger charge is 2.30. The lowest BCUT2D eigenvalue weighted by Gasteiger charge is -2.08. The molecule has 0 atom stereocenters. The third-order valence-corrected chi connectivity index (χ3v) is 6.22. The summed E-state index contributed by atoms with van der Waals surface area (Å²) in [5, 5.41) is 7.57. The Bertz CT molecular complexity index is 800. The third kappa shape index (κ3) is 3.14. The summed E-state index contributed by atoms with van der Waals surface area (Å²) in [6, 6.07) is 3.14. The minimum atomic E-state index is -3.80. The first-order valence-electron chi connectivity index (χ1n) is 6.18. The van der Waals surface area contributed by atoms with E-state index in [1.54, 1.807) is 6.07 Å². The molecule has 0 amide bonds. The minimum absolute atomic E-state index is 0.103. The van der Waals surface area contributed by atoms with E-state index in [1.165, 1.54) is 6.07 Å². The average molecular weight is 437 g/mol. The van der Waals surface area contributed by atoms with Crippen LogP contribution in [0.3, 0.4) is 0 Å². The predicted octanol–water partition coefficient (Wildman–Crippen LogP) is 3.58. The Labute approximate surface area is 138 Å². The minimum Gasteiger partial charge on any atom is -0.407 e. The Morgan fingerprint density at radius 2 is 1.95 bits per heavy atom. The van der Waals surface area contributed by atoms with Gasteiger partial charge in [-0.05, 0) is 53.4 Å². The fraction of sp³-hybridized carbons (Fsp3) is 0.333. The molecular formula is C12H11Br2N3O3S. The second-order valence-corrected chi connectivity index (χ2v) is 8.22. The van der Waals surface area contributed by atoms with Crippen LogP contribution in [-0.2, 0) is 10.0 Å². The van der Waals surface area contributed by atoms with Crippen molar-refractivity contribution in [2.45, 2.75) is 30.6 Å². The van der Waals surface area contributed by atoms with Crippen LogP contribution in [0.4, 0.5) is 6.01 Å². The molecule has 1 aromatic carbocycles. The van der Waals surface area contributed by atoms with E-state index in [4.69, 9.17) is 4.42 Å². The monoisotopic (exact) mass is 435 g/mol. The summed E-state index contributed by atoms with van der Waals surface area (Å²) in [6.45, 7) is 1.87. The lowest BCUT2D eigenvalue weighted by atomic mass is 10.2. The van der Waals surface area contributed by atoms with Gasteiger partial charge in [0.05, 0.1) is 0 Å². The third-order valence-electron chi connectivity index (χ3n) is 3.09. The van der Waals surface area contributed by atoms with Gasteiger partial charge in [-0.25, -0.2) is 13.1 Å². The summed E-state index contributed by atoms with van der Waals surface area (Å²) in [4.78, 5) is 0.103. The van der Waals surface area contributed by atoms with E-state index in [2.05, 4.69) is 46.8 Å². The molecule has 0 spiro atoms. The topological polar surface area (TPSA) is 85.1 Å². The van der Waals surface area contributed by atoms with E-state index in [-0.39, 0.29) is 16.8 Å². The fourth-order valence-electron chi connectivity index (χ4n) is 1.77. The molecule has 1 heterocycles. The Kier molecular flexibility index (Phi) is 3.83. The molecule has 6 nitrogen and oxygen atoms in total. The fourth-order valence-corrected chi connectivity index (χ4v) is 4.38. The lowest BCUT2D eigenvalue weighted by molar-refractivity contribution is 0.510. The molecule has 1 aliphatic rings. The molecule has 1 aromatic heterocycles. The Hall–Kier alpha value is -0.930. The number of nitrogens with one attached hydrogen (secondary N) is 1. The number of anilines is 1. The molecule has 0 saturated heterocycles. The highest BCUT2D eigenvalue weighted by Crippen LogP contribution is 2.39. The molecule has 1 aliphatic carbocycles. The molecule has 2 aromatic rings. The second kappa shape index (κ2) is 5.36. The van der Waals surface area contributed by atoms with Crippen molar-refractivity contribution in [1.82, 2.24) is 10.2 Å². The number of halogens is 2. The predicted molar refractivity (Wildman–Crippen MR) is 83.7 cm³/mol. The Morgan fingerprint density at radius 3 is 2.62 bits per heavy atom. The molecule has 0 bridgehead atoms. The van der Waals surface area contributed by atoms with Crippen LogP contribution in [0.5, 0.6) is 0 Å². The van der Waals surface area contributed by atoms with Crippen LogP contribution in [-0.4, -0.2) is 18.6 Å². The molecule has 0 radical (unpaired) electrons. The van der Waals surface area contributed by atoms with Crippen LogP contribution < -0.4 is 4.72 Å². The van der Waals surface area contributed by atoms with Crippen molar-refractivity contribution in [3.63, 3.8) is 0 Å². The maximum Gasteiger partial charge on any atom is 0.329 e. The first kappa shape index (κ1) is 15.0. The van der Waals surface area contributed by atoms with E-state index in [0.29, 0.717) is 14.8 Å². The number of benzene rings is 1. The van der Waals surface area contributed by atoms with Crippen LogP contribution in [0.1, 0.15) is 30.2 Å². The molecule has 1 fully saturated rings. The van der Waals surface area contributed by atoms with Gasteiger partial charge < -0.3 is 4.42 Å². The van der Waals surface area contributed by atoms with Gasteiger partial charge in [0.1, 0.15) is 4.90 Å². The summed E-state index contributed by atoms with van der Waals surface area (Å²) >= 11 is 6.59. The van der Waals surface area contributed by atoms with E-state index >= 15 is 0 Å². The lowest BCUT2D eigenvalue weighted by Crippen LogP contribution is -2.14. The summed E-state index contributed by atoms with van der Waals surface area (Å²) in [7, 11) is -3.80. The van der Waals surface area contributed by atoms with Gasteiger partial charge in [-0.3, -0.25) is 0 Å². The molecule has 0 aliphatic heterocycles. The number of aryl methyl sites for hydroxylation is 1. The zero-order valence-electron chi connectivity index (χ0n) is 10.9. The maximum atomic E-state index is 12.4. The highest BCUT2D eigenvalue weighted by molar-refractivity contribution is 9.11. The van der Waals surface area contributed by atoms with Gasteiger partial charge in [-0.1, -0.05) is 21.0 Å². The van der Waals surface area contributed by atoms with Crippen LogP contribution in [0.15, 0.2) is 30.4 Å². The number of aromatic nitrogens is 2. The molecule has 21 heavy (non-hydrogen) atoms. The van der Waals surface area contributed by atoms with Gasteiger partial charge in [0.15, 0.2) is 0 Å². The summed E-state index contributed by atoms with van der Waals surface area (Å²) in [6.07, 6.45) is 2.01. The van der Waals surface area contributed by atoms with Crippen molar-refractivity contribution in [1.29, 1.82) is 0 Å². The largest absolute Gasteiger partial charge is 0.407 e. The van der Waals surface area contributed by atoms with E-state index in [1.807, 2.05) is 6.92 Å². The average Bonchev–Trinajstić information content (AvgIpc) is 3.15. The van der Waals surface area contributed by atoms with Crippen molar-refractivity contribution in [3.05, 3.63) is 32.5 Å². The summed E-state index contributed by atoms with van der Waals surface area (Å²) in [5.74, 6) is 0.757. The Morgan fingerprint density at radius 1 is 1.24 bits per heavy atom. The summed E-state index contributed by atoms with van der Waals surface area (Å²) in [5.41, 5.74) is 0.926. The standard InChI is InChI=1S/C12H11Br2N3O3S/c1-6-4-9(14)10(5-8(6)13)21(18,19)17-12-16-15-11(20-12)7-2-3-7/h4-5,7H,2-3H2,1H3,(H,16,17). The number of hydrogen-bond acceptors (Lipinski definition) is 5. The molecule has 1 saturated carbocycles. The summed E-state index contributed by atoms with van der Waals surface area (Å²) < 4.78 is 33.6. The van der Waals surface area contributed by atoms with Gasteiger partial charge in [-0.2, -0.15) is 0 Å². The molecule has 3 rings (SSSR count). The van der Waals surface area contributed by atoms with Gasteiger partial charge in [-0.15, -0.1) is 5.10 Å². The highest BCUT2D eigenvalue weighted by atomic mass is 79.9. The zero-order valence-corrected chi connectivity index (χ0v) is 14.9. The maximum absolute atomic E-state index is 12.4. The van der Waals surface area contributed by atoms with Crippen molar-refractivity contribution in [2.24, 2.45) is 0 Å². The van der Waals surface area contributed by atoms with Gasteiger partial charge in [0.2, 0.25) is 5.89 Å². The van der Waals surface area contributed by atoms with E-state index in [9.17, 15) is 8.42 Å². The molecule has 1 N–H and O–H groups in total.